The first-order chi connectivity index (χ1) is 10.2. The summed E-state index contributed by atoms with van der Waals surface area (Å²) >= 11 is 1.70. The lowest BCUT2D eigenvalue weighted by atomic mass is 10.2. The molecule has 0 aliphatic rings. The van der Waals surface area contributed by atoms with Crippen molar-refractivity contribution in [2.24, 2.45) is 5.73 Å². The van der Waals surface area contributed by atoms with Gasteiger partial charge in [0.05, 0.1) is 6.04 Å². The lowest BCUT2D eigenvalue weighted by Crippen LogP contribution is -2.32. The first-order valence-electron chi connectivity index (χ1n) is 7.13. The summed E-state index contributed by atoms with van der Waals surface area (Å²) in [5, 5.41) is 4.01. The number of hydrogen-bond donors (Lipinski definition) is 1. The lowest BCUT2D eigenvalue weighted by Gasteiger charge is -2.20. The van der Waals surface area contributed by atoms with Crippen molar-refractivity contribution < 1.29 is 4.52 Å². The zero-order valence-electron chi connectivity index (χ0n) is 12.7. The highest BCUT2D eigenvalue weighted by Crippen LogP contribution is 2.22. The molecular formula is C15H22N4OS. The fraction of sp³-hybridized carbons (Fsp3) is 0.467. The maximum atomic E-state index is 6.15. The van der Waals surface area contributed by atoms with E-state index in [2.05, 4.69) is 28.9 Å². The first-order valence-corrected chi connectivity index (χ1v) is 8.36. The van der Waals surface area contributed by atoms with Gasteiger partial charge >= 0.3 is 0 Å². The van der Waals surface area contributed by atoms with E-state index in [1.165, 1.54) is 4.90 Å². The van der Waals surface area contributed by atoms with Crippen LogP contribution in [0.4, 0.5) is 0 Å². The third kappa shape index (κ3) is 4.06. The van der Waals surface area contributed by atoms with E-state index >= 15 is 0 Å². The summed E-state index contributed by atoms with van der Waals surface area (Å²) in [5.41, 5.74) is 7.07. The van der Waals surface area contributed by atoms with Gasteiger partial charge in [0.25, 0.3) is 5.89 Å². The molecule has 0 saturated carbocycles. The van der Waals surface area contributed by atoms with Crippen LogP contribution in [0.1, 0.15) is 25.7 Å². The van der Waals surface area contributed by atoms with Gasteiger partial charge in [-0.3, -0.25) is 0 Å². The predicted octanol–water partition coefficient (Wildman–Crippen LogP) is 2.80. The maximum absolute atomic E-state index is 6.15. The Bertz CT molecular complexity index is 551. The normalized spacial score (nSPS) is 12.8. The van der Waals surface area contributed by atoms with E-state index in [0.717, 1.165) is 25.2 Å². The van der Waals surface area contributed by atoms with E-state index in [1.807, 2.05) is 30.5 Å². The average Bonchev–Trinajstić information content (AvgIpc) is 3.02. The lowest BCUT2D eigenvalue weighted by molar-refractivity contribution is 0.278. The van der Waals surface area contributed by atoms with Crippen LogP contribution in [0.3, 0.4) is 0 Å². The van der Waals surface area contributed by atoms with E-state index in [1.54, 1.807) is 11.8 Å². The molecule has 0 amide bonds. The Labute approximate surface area is 129 Å². The number of rotatable bonds is 7. The van der Waals surface area contributed by atoms with E-state index in [-0.39, 0.29) is 6.04 Å². The molecule has 1 heterocycles. The largest absolute Gasteiger partial charge is 0.334 e. The minimum Gasteiger partial charge on any atom is -0.334 e. The minimum atomic E-state index is -0.229. The van der Waals surface area contributed by atoms with Crippen LogP contribution in [0.15, 0.2) is 33.7 Å². The van der Waals surface area contributed by atoms with E-state index in [4.69, 9.17) is 10.3 Å². The van der Waals surface area contributed by atoms with Gasteiger partial charge in [0.1, 0.15) is 0 Å². The summed E-state index contributed by atoms with van der Waals surface area (Å²) in [6, 6.07) is 7.82. The van der Waals surface area contributed by atoms with Gasteiger partial charge in [-0.25, -0.2) is 0 Å². The van der Waals surface area contributed by atoms with E-state index in [9.17, 15) is 0 Å². The van der Waals surface area contributed by atoms with Crippen molar-refractivity contribution in [2.45, 2.75) is 24.8 Å². The van der Waals surface area contributed by atoms with Crippen LogP contribution in [-0.2, 0) is 0 Å². The monoisotopic (exact) mass is 306 g/mol. The van der Waals surface area contributed by atoms with Crippen molar-refractivity contribution in [3.8, 4) is 11.5 Å². The van der Waals surface area contributed by atoms with Crippen LogP contribution < -0.4 is 5.73 Å². The highest BCUT2D eigenvalue weighted by molar-refractivity contribution is 7.98. The molecule has 5 nitrogen and oxygen atoms in total. The van der Waals surface area contributed by atoms with Crippen molar-refractivity contribution in [2.75, 3.05) is 25.9 Å². The zero-order chi connectivity index (χ0) is 15.2. The molecule has 0 fully saturated rings. The number of benzene rings is 1. The predicted molar refractivity (Wildman–Crippen MR) is 86.2 cm³/mol. The highest BCUT2D eigenvalue weighted by Gasteiger charge is 2.17. The van der Waals surface area contributed by atoms with Crippen molar-refractivity contribution in [3.63, 3.8) is 0 Å². The summed E-state index contributed by atoms with van der Waals surface area (Å²) in [6.07, 6.45) is 2.05. The molecule has 2 rings (SSSR count). The first kappa shape index (κ1) is 16.0. The smallest absolute Gasteiger partial charge is 0.257 e. The molecule has 1 aromatic heterocycles. The average molecular weight is 306 g/mol. The Morgan fingerprint density at radius 2 is 1.90 bits per heavy atom. The Kier molecular flexibility index (Phi) is 5.78. The summed E-state index contributed by atoms with van der Waals surface area (Å²) in [5.74, 6) is 1.08. The molecule has 21 heavy (non-hydrogen) atoms. The molecular weight excluding hydrogens is 284 g/mol. The van der Waals surface area contributed by atoms with Crippen molar-refractivity contribution in [1.29, 1.82) is 0 Å². The van der Waals surface area contributed by atoms with Gasteiger partial charge in [0.15, 0.2) is 5.82 Å². The molecule has 0 bridgehead atoms. The second-order valence-corrected chi connectivity index (χ2v) is 5.66. The van der Waals surface area contributed by atoms with Crippen LogP contribution in [0, 0.1) is 0 Å². The number of thioether (sulfide) groups is 1. The molecule has 114 valence electrons. The maximum Gasteiger partial charge on any atom is 0.257 e. The van der Waals surface area contributed by atoms with Crippen molar-refractivity contribution >= 4 is 11.8 Å². The number of nitrogens with two attached hydrogens (primary N) is 1. The van der Waals surface area contributed by atoms with E-state index in [0.29, 0.717) is 11.7 Å². The molecule has 1 atom stereocenters. The van der Waals surface area contributed by atoms with Gasteiger partial charge in [0.2, 0.25) is 0 Å². The molecule has 1 unspecified atom stereocenters. The topological polar surface area (TPSA) is 68.2 Å². The molecule has 6 heteroatoms. The zero-order valence-corrected chi connectivity index (χ0v) is 13.6. The summed E-state index contributed by atoms with van der Waals surface area (Å²) in [4.78, 5) is 7.87. The molecule has 0 spiro atoms. The molecule has 0 saturated heterocycles. The quantitative estimate of drug-likeness (QED) is 0.793. The molecule has 0 aliphatic carbocycles. The van der Waals surface area contributed by atoms with Gasteiger partial charge in [-0.15, -0.1) is 11.8 Å². The Balaban J connectivity index is 2.09. The Hall–Kier alpha value is -1.37. The second kappa shape index (κ2) is 7.59. The Morgan fingerprint density at radius 1 is 1.24 bits per heavy atom. The third-order valence-corrected chi connectivity index (χ3v) is 4.20. The number of likely N-dealkylation sites (N-methyl/N-ethyl adjacent to an activating group) is 1. The SMILES string of the molecule is CCN(CC)CC(N)c1noc(-c2ccc(SC)cc2)n1. The van der Waals surface area contributed by atoms with Gasteiger partial charge in [-0.2, -0.15) is 4.98 Å². The molecule has 0 radical (unpaired) electrons. The molecule has 1 aromatic carbocycles. The third-order valence-electron chi connectivity index (χ3n) is 3.46. The number of nitrogens with zero attached hydrogens (tertiary/aromatic N) is 3. The van der Waals surface area contributed by atoms with Gasteiger partial charge in [0, 0.05) is 17.0 Å². The van der Waals surface area contributed by atoms with Crippen LogP contribution in [-0.4, -0.2) is 40.9 Å². The van der Waals surface area contributed by atoms with Crippen LogP contribution >= 0.6 is 11.8 Å². The van der Waals surface area contributed by atoms with Crippen LogP contribution in [0.5, 0.6) is 0 Å². The summed E-state index contributed by atoms with van der Waals surface area (Å²) in [7, 11) is 0. The number of aromatic nitrogens is 2. The van der Waals surface area contributed by atoms with Gasteiger partial charge in [-0.05, 0) is 43.6 Å². The number of hydrogen-bond acceptors (Lipinski definition) is 6. The molecule has 2 aromatic rings. The van der Waals surface area contributed by atoms with Crippen LogP contribution in [0.25, 0.3) is 11.5 Å². The van der Waals surface area contributed by atoms with Gasteiger partial charge < -0.3 is 15.2 Å². The van der Waals surface area contributed by atoms with Crippen LogP contribution in [0.2, 0.25) is 0 Å². The van der Waals surface area contributed by atoms with Gasteiger partial charge in [-0.1, -0.05) is 19.0 Å². The molecule has 2 N–H and O–H groups in total. The molecule has 0 aliphatic heterocycles. The second-order valence-electron chi connectivity index (χ2n) is 4.78. The highest BCUT2D eigenvalue weighted by atomic mass is 32.2. The minimum absolute atomic E-state index is 0.229. The summed E-state index contributed by atoms with van der Waals surface area (Å²) in [6.45, 7) is 6.89. The van der Waals surface area contributed by atoms with E-state index < -0.39 is 0 Å². The standard InChI is InChI=1S/C15H22N4OS/c1-4-19(5-2)10-13(16)14-17-15(20-18-14)11-6-8-12(21-3)9-7-11/h6-9,13H,4-5,10,16H2,1-3H3. The summed E-state index contributed by atoms with van der Waals surface area (Å²) < 4.78 is 5.33. The fourth-order valence-corrected chi connectivity index (χ4v) is 2.49. The van der Waals surface area contributed by atoms with Crippen molar-refractivity contribution in [1.82, 2.24) is 15.0 Å². The van der Waals surface area contributed by atoms with Crippen molar-refractivity contribution in [3.05, 3.63) is 30.1 Å². The Morgan fingerprint density at radius 3 is 2.48 bits per heavy atom. The fourth-order valence-electron chi connectivity index (χ4n) is 2.08.